The summed E-state index contributed by atoms with van der Waals surface area (Å²) in [6.07, 6.45) is 1.19. The van der Waals surface area contributed by atoms with E-state index in [9.17, 15) is 18.0 Å². The van der Waals surface area contributed by atoms with Crippen molar-refractivity contribution >= 4 is 21.7 Å². The van der Waals surface area contributed by atoms with Gasteiger partial charge in [-0.15, -0.1) is 0 Å². The number of ether oxygens (including phenoxy) is 1. The maximum absolute atomic E-state index is 12.4. The third-order valence-electron chi connectivity index (χ3n) is 4.40. The van der Waals surface area contributed by atoms with Crippen LogP contribution in [0.25, 0.3) is 0 Å². The van der Waals surface area contributed by atoms with E-state index in [1.54, 1.807) is 72.8 Å². The van der Waals surface area contributed by atoms with Gasteiger partial charge in [-0.05, 0) is 59.7 Å². The fourth-order valence-corrected chi connectivity index (χ4v) is 3.64. The fourth-order valence-electron chi connectivity index (χ4n) is 2.84. The molecule has 0 atom stereocenters. The van der Waals surface area contributed by atoms with Crippen LogP contribution < -0.4 is 15.8 Å². The molecule has 0 aliphatic rings. The van der Waals surface area contributed by atoms with Crippen molar-refractivity contribution in [3.8, 4) is 11.5 Å². The molecule has 0 heterocycles. The number of amides is 2. The van der Waals surface area contributed by atoms with Crippen molar-refractivity contribution in [2.75, 3.05) is 6.26 Å². The summed E-state index contributed by atoms with van der Waals surface area (Å²) in [5, 5.41) is 2.83. The Kier molecular flexibility index (Phi) is 6.71. The van der Waals surface area contributed by atoms with Crippen molar-refractivity contribution in [1.82, 2.24) is 5.32 Å². The monoisotopic (exact) mass is 438 g/mol. The topological polar surface area (TPSA) is 116 Å². The summed E-state index contributed by atoms with van der Waals surface area (Å²) in [6, 6.07) is 20.2. The van der Waals surface area contributed by atoms with Gasteiger partial charge in [0.25, 0.3) is 5.91 Å². The van der Waals surface area contributed by atoms with E-state index in [4.69, 9.17) is 10.5 Å². The molecule has 0 unspecified atom stereocenters. The Bertz CT molecular complexity index is 1170. The molecule has 0 radical (unpaired) electrons. The van der Waals surface area contributed by atoms with Gasteiger partial charge in [0.05, 0.1) is 5.75 Å². The number of primary amides is 1. The van der Waals surface area contributed by atoms with Crippen LogP contribution in [-0.2, 0) is 22.1 Å². The Morgan fingerprint density at radius 1 is 0.806 bits per heavy atom. The summed E-state index contributed by atoms with van der Waals surface area (Å²) >= 11 is 0. The Balaban J connectivity index is 1.54. The Morgan fingerprint density at radius 2 is 1.29 bits per heavy atom. The van der Waals surface area contributed by atoms with E-state index in [1.807, 2.05) is 0 Å². The first-order valence-electron chi connectivity index (χ1n) is 9.41. The lowest BCUT2D eigenvalue weighted by Gasteiger charge is -2.09. The maximum atomic E-state index is 12.4. The summed E-state index contributed by atoms with van der Waals surface area (Å²) in [5.41, 5.74) is 7.65. The second kappa shape index (κ2) is 9.44. The number of carbonyl (C=O) groups is 2. The van der Waals surface area contributed by atoms with E-state index in [1.165, 1.54) is 6.26 Å². The van der Waals surface area contributed by atoms with Crippen LogP contribution in [0.2, 0.25) is 0 Å². The Labute approximate surface area is 180 Å². The number of nitrogens with two attached hydrogens (primary N) is 1. The maximum Gasteiger partial charge on any atom is 0.251 e. The van der Waals surface area contributed by atoms with Crippen molar-refractivity contribution in [1.29, 1.82) is 0 Å². The number of nitrogens with one attached hydrogen (secondary N) is 1. The number of benzene rings is 3. The molecule has 3 N–H and O–H groups in total. The van der Waals surface area contributed by atoms with Gasteiger partial charge < -0.3 is 15.8 Å². The van der Waals surface area contributed by atoms with Crippen LogP contribution in [0.1, 0.15) is 31.8 Å². The van der Waals surface area contributed by atoms with Crippen LogP contribution in [0, 0.1) is 0 Å². The Morgan fingerprint density at radius 3 is 1.77 bits per heavy atom. The molecule has 7 nitrogen and oxygen atoms in total. The second-order valence-corrected chi connectivity index (χ2v) is 9.22. The third-order valence-corrected chi connectivity index (χ3v) is 5.25. The van der Waals surface area contributed by atoms with Gasteiger partial charge in [0.1, 0.15) is 11.5 Å². The number of carbonyl (C=O) groups excluding carboxylic acids is 2. The molecule has 0 fully saturated rings. The number of sulfone groups is 1. The third kappa shape index (κ3) is 6.68. The van der Waals surface area contributed by atoms with Crippen LogP contribution in [0.15, 0.2) is 72.8 Å². The van der Waals surface area contributed by atoms with Crippen LogP contribution in [0.5, 0.6) is 11.5 Å². The van der Waals surface area contributed by atoms with Crippen LogP contribution in [0.4, 0.5) is 0 Å². The first-order chi connectivity index (χ1) is 14.7. The first-order valence-corrected chi connectivity index (χ1v) is 11.5. The average Bonchev–Trinajstić information content (AvgIpc) is 2.73. The molecule has 0 saturated heterocycles. The van der Waals surface area contributed by atoms with Crippen molar-refractivity contribution < 1.29 is 22.7 Å². The molecular formula is C23H22N2O5S. The molecule has 0 aromatic heterocycles. The highest BCUT2D eigenvalue weighted by atomic mass is 32.2. The zero-order chi connectivity index (χ0) is 22.4. The van der Waals surface area contributed by atoms with Gasteiger partial charge in [0, 0.05) is 23.9 Å². The zero-order valence-corrected chi connectivity index (χ0v) is 17.7. The molecule has 0 saturated carbocycles. The molecule has 8 heteroatoms. The van der Waals surface area contributed by atoms with Crippen LogP contribution in [0.3, 0.4) is 0 Å². The molecule has 0 aliphatic carbocycles. The van der Waals surface area contributed by atoms with E-state index in [0.29, 0.717) is 34.7 Å². The molecule has 31 heavy (non-hydrogen) atoms. The quantitative estimate of drug-likeness (QED) is 0.561. The highest BCUT2D eigenvalue weighted by molar-refractivity contribution is 7.89. The molecule has 2 amide bonds. The molecule has 0 spiro atoms. The minimum absolute atomic E-state index is 0.0106. The largest absolute Gasteiger partial charge is 0.457 e. The van der Waals surface area contributed by atoms with Gasteiger partial charge in [-0.3, -0.25) is 9.59 Å². The minimum atomic E-state index is -3.08. The van der Waals surface area contributed by atoms with Gasteiger partial charge in [0.15, 0.2) is 9.84 Å². The predicted octanol–water partition coefficient (Wildman–Crippen LogP) is 3.05. The zero-order valence-electron chi connectivity index (χ0n) is 16.9. The van der Waals surface area contributed by atoms with Gasteiger partial charge in [-0.1, -0.05) is 24.3 Å². The van der Waals surface area contributed by atoms with Crippen LogP contribution >= 0.6 is 0 Å². The fraction of sp³-hybridized carbons (Fsp3) is 0.130. The molecule has 0 bridgehead atoms. The van der Waals surface area contributed by atoms with Crippen molar-refractivity contribution in [2.24, 2.45) is 5.73 Å². The second-order valence-electron chi connectivity index (χ2n) is 7.08. The van der Waals surface area contributed by atoms with Gasteiger partial charge in [-0.25, -0.2) is 8.42 Å². The lowest BCUT2D eigenvalue weighted by Crippen LogP contribution is -2.22. The van der Waals surface area contributed by atoms with E-state index in [2.05, 4.69) is 5.32 Å². The number of hydrogen-bond donors (Lipinski definition) is 2. The first kappa shape index (κ1) is 22.0. The lowest BCUT2D eigenvalue weighted by atomic mass is 10.1. The molecule has 0 aliphatic heterocycles. The van der Waals surface area contributed by atoms with E-state index >= 15 is 0 Å². The highest BCUT2D eigenvalue weighted by Crippen LogP contribution is 2.22. The molecule has 160 valence electrons. The van der Waals surface area contributed by atoms with Gasteiger partial charge in [0.2, 0.25) is 5.91 Å². The van der Waals surface area contributed by atoms with Gasteiger partial charge >= 0.3 is 0 Å². The molecule has 3 rings (SSSR count). The van der Waals surface area contributed by atoms with Crippen LogP contribution in [-0.4, -0.2) is 26.5 Å². The number of rotatable bonds is 8. The summed E-state index contributed by atoms with van der Waals surface area (Å²) in [7, 11) is -3.08. The molecule has 3 aromatic rings. The van der Waals surface area contributed by atoms with Gasteiger partial charge in [-0.2, -0.15) is 0 Å². The van der Waals surface area contributed by atoms with Crippen molar-refractivity contribution in [3.63, 3.8) is 0 Å². The average molecular weight is 439 g/mol. The lowest BCUT2D eigenvalue weighted by molar-refractivity contribution is 0.0949. The van der Waals surface area contributed by atoms with E-state index < -0.39 is 15.7 Å². The predicted molar refractivity (Wildman–Crippen MR) is 118 cm³/mol. The Hall–Kier alpha value is -3.65. The summed E-state index contributed by atoms with van der Waals surface area (Å²) in [5.74, 6) is 0.333. The normalized spacial score (nSPS) is 11.0. The summed E-state index contributed by atoms with van der Waals surface area (Å²) < 4.78 is 28.4. The standard InChI is InChI=1S/C23H22N2O5S/c1-31(28,29)15-17-4-2-16(3-5-17)14-25-23(27)19-8-12-21(13-9-19)30-20-10-6-18(7-11-20)22(24)26/h2-13H,14-15H2,1H3,(H2,24,26)(H,25,27). The van der Waals surface area contributed by atoms with E-state index in [0.717, 1.165) is 5.56 Å². The summed E-state index contributed by atoms with van der Waals surface area (Å²) in [6.45, 7) is 0.322. The van der Waals surface area contributed by atoms with Crippen molar-refractivity contribution in [2.45, 2.75) is 12.3 Å². The number of hydrogen-bond acceptors (Lipinski definition) is 5. The molecule has 3 aromatic carbocycles. The smallest absolute Gasteiger partial charge is 0.251 e. The minimum Gasteiger partial charge on any atom is -0.457 e. The van der Waals surface area contributed by atoms with Crippen molar-refractivity contribution in [3.05, 3.63) is 95.1 Å². The highest BCUT2D eigenvalue weighted by Gasteiger charge is 2.08. The SMILES string of the molecule is CS(=O)(=O)Cc1ccc(CNC(=O)c2ccc(Oc3ccc(C(N)=O)cc3)cc2)cc1. The molecular weight excluding hydrogens is 416 g/mol. The van der Waals surface area contributed by atoms with E-state index in [-0.39, 0.29) is 11.7 Å². The summed E-state index contributed by atoms with van der Waals surface area (Å²) in [4.78, 5) is 23.5.